The topological polar surface area (TPSA) is 80.1 Å². The second kappa shape index (κ2) is 5.50. The van der Waals surface area contributed by atoms with Gasteiger partial charge in [-0.15, -0.1) is 0 Å². The van der Waals surface area contributed by atoms with Crippen LogP contribution in [-0.2, 0) is 0 Å². The first kappa shape index (κ1) is 14.3. The summed E-state index contributed by atoms with van der Waals surface area (Å²) >= 11 is 5.83. The lowest BCUT2D eigenvalue weighted by Gasteiger charge is -2.16. The Balaban J connectivity index is 2.72. The van der Waals surface area contributed by atoms with Crippen molar-refractivity contribution in [2.45, 2.75) is 20.3 Å². The Labute approximate surface area is 120 Å². The van der Waals surface area contributed by atoms with E-state index in [4.69, 9.17) is 11.6 Å². The predicted octanol–water partition coefficient (Wildman–Crippen LogP) is 2.00. The maximum atomic E-state index is 12.3. The van der Waals surface area contributed by atoms with Crippen molar-refractivity contribution in [3.63, 3.8) is 0 Å². The van der Waals surface area contributed by atoms with Crippen molar-refractivity contribution in [2.24, 2.45) is 0 Å². The third-order valence-electron chi connectivity index (χ3n) is 2.98. The molecular formula is C13H14ClN3O3. The van der Waals surface area contributed by atoms with Gasteiger partial charge >= 0.3 is 11.6 Å². The summed E-state index contributed by atoms with van der Waals surface area (Å²) in [6.07, 6.45) is 0.737. The summed E-state index contributed by atoms with van der Waals surface area (Å²) < 4.78 is 1.02. The third-order valence-corrected chi connectivity index (χ3v) is 3.21. The van der Waals surface area contributed by atoms with Gasteiger partial charge in [-0.2, -0.15) is 0 Å². The second-order valence-electron chi connectivity index (χ2n) is 4.41. The largest absolute Gasteiger partial charge is 0.805 e. The van der Waals surface area contributed by atoms with Crippen LogP contribution in [0, 0.1) is 17.0 Å². The van der Waals surface area contributed by atoms with Gasteiger partial charge in [0.1, 0.15) is 5.52 Å². The maximum Gasteiger partial charge on any atom is 0.346 e. The van der Waals surface area contributed by atoms with E-state index in [2.05, 4.69) is 5.32 Å². The van der Waals surface area contributed by atoms with Gasteiger partial charge in [-0.3, -0.25) is 4.79 Å². The zero-order valence-electron chi connectivity index (χ0n) is 11.1. The van der Waals surface area contributed by atoms with Gasteiger partial charge in [-0.25, -0.2) is 0 Å². The van der Waals surface area contributed by atoms with E-state index in [1.54, 1.807) is 0 Å². The molecule has 0 spiro atoms. The molecule has 1 aromatic carbocycles. The Kier molecular flexibility index (Phi) is 3.94. The monoisotopic (exact) mass is 295 g/mol. The Morgan fingerprint density at radius 2 is 2.20 bits per heavy atom. The highest BCUT2D eigenvalue weighted by Crippen LogP contribution is 2.18. The fourth-order valence-corrected chi connectivity index (χ4v) is 2.12. The lowest BCUT2D eigenvalue weighted by molar-refractivity contribution is -0.468. The van der Waals surface area contributed by atoms with E-state index < -0.39 is 5.91 Å². The average molecular weight is 296 g/mol. The van der Waals surface area contributed by atoms with Gasteiger partial charge in [-0.1, -0.05) is 18.5 Å². The Morgan fingerprint density at radius 1 is 1.50 bits per heavy atom. The molecule has 1 N–H and O–H groups in total. The van der Waals surface area contributed by atoms with Gasteiger partial charge in [0.05, 0.1) is 10.1 Å². The van der Waals surface area contributed by atoms with E-state index in [0.29, 0.717) is 20.7 Å². The molecule has 6 nitrogen and oxygen atoms in total. The van der Waals surface area contributed by atoms with Crippen molar-refractivity contribution >= 4 is 28.5 Å². The van der Waals surface area contributed by atoms with Gasteiger partial charge < -0.3 is 15.3 Å². The number of benzene rings is 1. The summed E-state index contributed by atoms with van der Waals surface area (Å²) in [5.74, 6) is -0.564. The van der Waals surface area contributed by atoms with Crippen molar-refractivity contribution in [3.8, 4) is 0 Å². The Hall–Kier alpha value is -2.08. The van der Waals surface area contributed by atoms with Crippen LogP contribution in [0.3, 0.4) is 0 Å². The number of carbonyl (C=O) groups excluding carboxylic acids is 1. The van der Waals surface area contributed by atoms with E-state index in [1.165, 1.54) is 25.1 Å². The Bertz CT molecular complexity index is 740. The second-order valence-corrected chi connectivity index (χ2v) is 4.85. The molecule has 0 unspecified atom stereocenters. The smallest absolute Gasteiger partial charge is 0.346 e. The molecule has 0 aliphatic heterocycles. The molecule has 0 radical (unpaired) electrons. The van der Waals surface area contributed by atoms with Gasteiger partial charge in [0.25, 0.3) is 5.52 Å². The van der Waals surface area contributed by atoms with Gasteiger partial charge in [0.15, 0.2) is 0 Å². The van der Waals surface area contributed by atoms with Crippen LogP contribution in [0.5, 0.6) is 0 Å². The van der Waals surface area contributed by atoms with E-state index in [9.17, 15) is 14.9 Å². The molecule has 1 amide bonds. The molecule has 1 heterocycles. The maximum absolute atomic E-state index is 12.3. The van der Waals surface area contributed by atoms with Crippen molar-refractivity contribution in [1.82, 2.24) is 10.0 Å². The fourth-order valence-electron chi connectivity index (χ4n) is 1.95. The highest BCUT2D eigenvalue weighted by atomic mass is 35.5. The van der Waals surface area contributed by atoms with E-state index >= 15 is 0 Å². The van der Waals surface area contributed by atoms with E-state index in [0.717, 1.165) is 6.42 Å². The summed E-state index contributed by atoms with van der Waals surface area (Å²) in [6, 6.07) is 4.35. The van der Waals surface area contributed by atoms with Crippen molar-refractivity contribution in [2.75, 3.05) is 6.54 Å². The molecule has 106 valence electrons. The van der Waals surface area contributed by atoms with Crippen LogP contribution in [0.25, 0.3) is 11.0 Å². The number of fused-ring (bicyclic) bond motifs is 1. The molecule has 2 rings (SSSR count). The van der Waals surface area contributed by atoms with E-state index in [1.807, 2.05) is 6.92 Å². The van der Waals surface area contributed by atoms with Crippen molar-refractivity contribution in [3.05, 3.63) is 44.7 Å². The zero-order valence-corrected chi connectivity index (χ0v) is 11.9. The summed E-state index contributed by atoms with van der Waals surface area (Å²) in [5.41, 5.74) is 0.0975. The van der Waals surface area contributed by atoms with Gasteiger partial charge in [0, 0.05) is 22.5 Å². The zero-order chi connectivity index (χ0) is 14.9. The number of halogens is 1. The van der Waals surface area contributed by atoms with Gasteiger partial charge in [0.2, 0.25) is 0 Å². The molecule has 0 saturated heterocycles. The molecule has 0 aliphatic rings. The number of nitrogens with zero attached hydrogens (tertiary/aromatic N) is 2. The molecule has 7 heteroatoms. The highest BCUT2D eigenvalue weighted by Gasteiger charge is 2.26. The standard InChI is InChI=1S/C13H14ClN3O3/c1-3-6-15-13(18)12-8(2)16(19)10-5-4-9(14)7-11(10)17(12)20/h4-5,7H,3,6H2,1-2H3,(H,15,18). The normalized spacial score (nSPS) is 10.8. The highest BCUT2D eigenvalue weighted by molar-refractivity contribution is 6.31. The van der Waals surface area contributed by atoms with Crippen LogP contribution in [0.4, 0.5) is 0 Å². The molecule has 20 heavy (non-hydrogen) atoms. The first-order chi connectivity index (χ1) is 9.47. The van der Waals surface area contributed by atoms with Crippen LogP contribution in [0.1, 0.15) is 29.5 Å². The number of nitrogens with one attached hydrogen (secondary N) is 1. The minimum Gasteiger partial charge on any atom is -0.805 e. The number of hydrogen-bond acceptors (Lipinski definition) is 3. The first-order valence-electron chi connectivity index (χ1n) is 6.20. The average Bonchev–Trinajstić information content (AvgIpc) is 2.43. The number of aromatic nitrogens is 2. The molecule has 0 atom stereocenters. The van der Waals surface area contributed by atoms with E-state index in [-0.39, 0.29) is 22.4 Å². The number of hydrogen-bond donors (Lipinski definition) is 1. The van der Waals surface area contributed by atoms with Gasteiger partial charge in [-0.05, 0) is 25.5 Å². The lowest BCUT2D eigenvalue weighted by Crippen LogP contribution is -2.37. The number of amides is 1. The first-order valence-corrected chi connectivity index (χ1v) is 6.58. The van der Waals surface area contributed by atoms with Crippen LogP contribution < -0.4 is 9.74 Å². The minimum atomic E-state index is -0.564. The molecule has 1 aromatic heterocycles. The third kappa shape index (κ3) is 2.34. The summed E-state index contributed by atoms with van der Waals surface area (Å²) in [4.78, 5) is 24.3. The van der Waals surface area contributed by atoms with Crippen LogP contribution in [0.15, 0.2) is 18.2 Å². The Morgan fingerprint density at radius 3 is 2.85 bits per heavy atom. The molecule has 0 fully saturated rings. The fraction of sp³-hybridized carbons (Fsp3) is 0.308. The van der Waals surface area contributed by atoms with Crippen LogP contribution in [-0.4, -0.2) is 17.2 Å². The molecule has 2 aromatic rings. The SMILES string of the molecule is CCCNC(=O)c1c(C)n([O-])c2ccc(Cl)cc2[n+]1=O. The van der Waals surface area contributed by atoms with Crippen LogP contribution in [0.2, 0.25) is 5.02 Å². The summed E-state index contributed by atoms with van der Waals surface area (Å²) in [7, 11) is 0. The minimum absolute atomic E-state index is 0.0587. The summed E-state index contributed by atoms with van der Waals surface area (Å²) in [5, 5.41) is 15.0. The molecule has 0 saturated carbocycles. The number of carbonyl (C=O) groups is 1. The quantitative estimate of drug-likeness (QED) is 0.880. The summed E-state index contributed by atoms with van der Waals surface area (Å²) in [6.45, 7) is 3.77. The molecule has 0 bridgehead atoms. The molecule has 0 aliphatic carbocycles. The lowest BCUT2D eigenvalue weighted by atomic mass is 10.2. The molecular weight excluding hydrogens is 282 g/mol. The predicted molar refractivity (Wildman–Crippen MR) is 76.4 cm³/mol. The number of rotatable bonds is 3. The van der Waals surface area contributed by atoms with Crippen LogP contribution >= 0.6 is 11.6 Å². The van der Waals surface area contributed by atoms with Crippen molar-refractivity contribution < 1.29 is 9.22 Å². The van der Waals surface area contributed by atoms with Crippen molar-refractivity contribution in [1.29, 1.82) is 0 Å².